The fourth-order valence-corrected chi connectivity index (χ4v) is 2.42. The molecule has 0 aliphatic carbocycles. The molecule has 0 bridgehead atoms. The number of hydrogen-bond acceptors (Lipinski definition) is 3. The number of carbonyl (C=O) groups is 2. The standard InChI is InChI=1S/C18H18Cl2N2O3/c1-11-9-12(18(24)21-2)3-6-16(11)22-17(23)7-8-25-13-4-5-14(19)15(20)10-13/h3-6,9-10H,7-8H2,1-2H3,(H,21,24)(H,22,23). The van der Waals surface area contributed by atoms with Crippen molar-refractivity contribution in [3.8, 4) is 5.75 Å². The monoisotopic (exact) mass is 380 g/mol. The van der Waals surface area contributed by atoms with Gasteiger partial charge in [-0.05, 0) is 42.8 Å². The van der Waals surface area contributed by atoms with Crippen LogP contribution in [-0.4, -0.2) is 25.5 Å². The summed E-state index contributed by atoms with van der Waals surface area (Å²) in [7, 11) is 1.57. The largest absolute Gasteiger partial charge is 0.493 e. The van der Waals surface area contributed by atoms with Crippen molar-refractivity contribution in [1.29, 1.82) is 0 Å². The van der Waals surface area contributed by atoms with Gasteiger partial charge in [0.25, 0.3) is 5.91 Å². The molecular weight excluding hydrogens is 363 g/mol. The lowest BCUT2D eigenvalue weighted by atomic mass is 10.1. The topological polar surface area (TPSA) is 67.4 Å². The number of nitrogens with one attached hydrogen (secondary N) is 2. The molecule has 2 amide bonds. The molecule has 2 aromatic carbocycles. The number of benzene rings is 2. The Morgan fingerprint density at radius 2 is 1.84 bits per heavy atom. The maximum Gasteiger partial charge on any atom is 0.251 e. The van der Waals surface area contributed by atoms with E-state index in [4.69, 9.17) is 27.9 Å². The maximum absolute atomic E-state index is 12.0. The molecule has 0 unspecified atom stereocenters. The van der Waals surface area contributed by atoms with Crippen molar-refractivity contribution in [2.45, 2.75) is 13.3 Å². The SMILES string of the molecule is CNC(=O)c1ccc(NC(=O)CCOc2ccc(Cl)c(Cl)c2)c(C)c1. The first kappa shape index (κ1) is 19.1. The molecule has 0 aliphatic heterocycles. The molecule has 0 fully saturated rings. The number of halogens is 2. The molecule has 25 heavy (non-hydrogen) atoms. The van der Waals surface area contributed by atoms with Crippen LogP contribution in [0.4, 0.5) is 5.69 Å². The highest BCUT2D eigenvalue weighted by molar-refractivity contribution is 6.42. The van der Waals surface area contributed by atoms with E-state index >= 15 is 0 Å². The van der Waals surface area contributed by atoms with E-state index in [1.54, 1.807) is 43.4 Å². The van der Waals surface area contributed by atoms with Gasteiger partial charge in [0.15, 0.2) is 0 Å². The van der Waals surface area contributed by atoms with Crippen molar-refractivity contribution < 1.29 is 14.3 Å². The van der Waals surface area contributed by atoms with Crippen LogP contribution >= 0.6 is 23.2 Å². The summed E-state index contributed by atoms with van der Waals surface area (Å²) < 4.78 is 5.49. The molecule has 2 aromatic rings. The van der Waals surface area contributed by atoms with Crippen LogP contribution in [0, 0.1) is 6.92 Å². The average Bonchev–Trinajstić information content (AvgIpc) is 2.59. The third-order valence-corrected chi connectivity index (χ3v) is 4.22. The molecule has 7 heteroatoms. The van der Waals surface area contributed by atoms with Crippen LogP contribution in [0.25, 0.3) is 0 Å². The number of amides is 2. The normalized spacial score (nSPS) is 10.2. The van der Waals surface area contributed by atoms with E-state index < -0.39 is 0 Å². The second-order valence-electron chi connectivity index (χ2n) is 5.33. The summed E-state index contributed by atoms with van der Waals surface area (Å²) in [6, 6.07) is 10.0. The van der Waals surface area contributed by atoms with E-state index in [9.17, 15) is 9.59 Å². The van der Waals surface area contributed by atoms with Crippen molar-refractivity contribution in [2.24, 2.45) is 0 Å². The van der Waals surface area contributed by atoms with Crippen LogP contribution < -0.4 is 15.4 Å². The lowest BCUT2D eigenvalue weighted by Crippen LogP contribution is -2.19. The van der Waals surface area contributed by atoms with Crippen LogP contribution in [0.5, 0.6) is 5.75 Å². The molecule has 2 N–H and O–H groups in total. The maximum atomic E-state index is 12.0. The van der Waals surface area contributed by atoms with Gasteiger partial charge in [-0.15, -0.1) is 0 Å². The summed E-state index contributed by atoms with van der Waals surface area (Å²) in [4.78, 5) is 23.6. The summed E-state index contributed by atoms with van der Waals surface area (Å²) in [5.41, 5.74) is 2.01. The Hall–Kier alpha value is -2.24. The quantitative estimate of drug-likeness (QED) is 0.793. The number of carbonyl (C=O) groups excluding carboxylic acids is 2. The molecule has 0 saturated heterocycles. The van der Waals surface area contributed by atoms with E-state index in [2.05, 4.69) is 10.6 Å². The fraction of sp³-hybridized carbons (Fsp3) is 0.222. The van der Waals surface area contributed by atoms with Crippen molar-refractivity contribution in [3.05, 3.63) is 57.6 Å². The minimum Gasteiger partial charge on any atom is -0.493 e. The molecule has 0 saturated carbocycles. The van der Waals surface area contributed by atoms with Crippen LogP contribution in [0.2, 0.25) is 10.0 Å². The van der Waals surface area contributed by atoms with Crippen LogP contribution in [0.15, 0.2) is 36.4 Å². The summed E-state index contributed by atoms with van der Waals surface area (Å²) in [5, 5.41) is 6.21. The third kappa shape index (κ3) is 5.37. The molecular formula is C18H18Cl2N2O3. The Morgan fingerprint density at radius 1 is 1.08 bits per heavy atom. The highest BCUT2D eigenvalue weighted by atomic mass is 35.5. The number of anilines is 1. The minimum absolute atomic E-state index is 0.170. The average molecular weight is 381 g/mol. The van der Waals surface area contributed by atoms with E-state index in [0.717, 1.165) is 5.56 Å². The zero-order valence-electron chi connectivity index (χ0n) is 13.9. The minimum atomic E-state index is -0.184. The Labute approximate surface area is 156 Å². The van der Waals surface area contributed by atoms with Gasteiger partial charge in [-0.25, -0.2) is 0 Å². The molecule has 5 nitrogen and oxygen atoms in total. The predicted octanol–water partition coefficient (Wildman–Crippen LogP) is 4.07. The number of hydrogen-bond donors (Lipinski definition) is 2. The van der Waals surface area contributed by atoms with E-state index in [0.29, 0.717) is 27.0 Å². The third-order valence-electron chi connectivity index (χ3n) is 3.48. The number of ether oxygens (including phenoxy) is 1. The Kier molecular flexibility index (Phi) is 6.67. The second-order valence-corrected chi connectivity index (χ2v) is 6.15. The van der Waals surface area contributed by atoms with Crippen LogP contribution in [0.3, 0.4) is 0 Å². The zero-order valence-corrected chi connectivity index (χ0v) is 15.4. The smallest absolute Gasteiger partial charge is 0.251 e. The summed E-state index contributed by atoms with van der Waals surface area (Å²) in [6.07, 6.45) is 0.177. The van der Waals surface area contributed by atoms with Gasteiger partial charge in [0.2, 0.25) is 5.91 Å². The van der Waals surface area contributed by atoms with E-state index in [1.165, 1.54) is 0 Å². The van der Waals surface area contributed by atoms with E-state index in [-0.39, 0.29) is 24.8 Å². The molecule has 132 valence electrons. The zero-order chi connectivity index (χ0) is 18.4. The van der Waals surface area contributed by atoms with Gasteiger partial charge in [-0.2, -0.15) is 0 Å². The molecule has 0 aromatic heterocycles. The Bertz CT molecular complexity index is 794. The van der Waals surface area contributed by atoms with Crippen LogP contribution in [-0.2, 0) is 4.79 Å². The van der Waals surface area contributed by atoms with E-state index in [1.807, 2.05) is 6.92 Å². The second kappa shape index (κ2) is 8.74. The Morgan fingerprint density at radius 3 is 2.48 bits per heavy atom. The first-order valence-corrected chi connectivity index (χ1v) is 8.36. The van der Waals surface area contributed by atoms with Gasteiger partial charge in [-0.3, -0.25) is 9.59 Å². The van der Waals surface area contributed by atoms with Gasteiger partial charge in [0.1, 0.15) is 5.75 Å². The van der Waals surface area contributed by atoms with Gasteiger partial charge in [0, 0.05) is 24.4 Å². The molecule has 0 heterocycles. The lowest BCUT2D eigenvalue weighted by molar-refractivity contribution is -0.116. The van der Waals surface area contributed by atoms with Gasteiger partial charge < -0.3 is 15.4 Å². The molecule has 2 rings (SSSR count). The van der Waals surface area contributed by atoms with Crippen molar-refractivity contribution in [1.82, 2.24) is 5.32 Å². The van der Waals surface area contributed by atoms with Crippen molar-refractivity contribution in [3.63, 3.8) is 0 Å². The number of aryl methyl sites for hydroxylation is 1. The Balaban J connectivity index is 1.87. The summed E-state index contributed by atoms with van der Waals surface area (Å²) >= 11 is 11.7. The van der Waals surface area contributed by atoms with Gasteiger partial charge in [-0.1, -0.05) is 23.2 Å². The van der Waals surface area contributed by atoms with Crippen molar-refractivity contribution in [2.75, 3.05) is 19.0 Å². The first-order chi connectivity index (χ1) is 11.9. The molecule has 0 radical (unpaired) electrons. The molecule has 0 atom stereocenters. The molecule has 0 aliphatic rings. The molecule has 0 spiro atoms. The fourth-order valence-electron chi connectivity index (χ4n) is 2.13. The number of rotatable bonds is 6. The lowest BCUT2D eigenvalue weighted by Gasteiger charge is -2.11. The highest BCUT2D eigenvalue weighted by Crippen LogP contribution is 2.26. The highest BCUT2D eigenvalue weighted by Gasteiger charge is 2.09. The predicted molar refractivity (Wildman–Crippen MR) is 99.8 cm³/mol. The van der Waals surface area contributed by atoms with Crippen molar-refractivity contribution >= 4 is 40.7 Å². The summed E-state index contributed by atoms with van der Waals surface area (Å²) in [6.45, 7) is 2.04. The summed E-state index contributed by atoms with van der Waals surface area (Å²) in [5.74, 6) is 0.195. The first-order valence-electron chi connectivity index (χ1n) is 7.61. The van der Waals surface area contributed by atoms with Crippen LogP contribution in [0.1, 0.15) is 22.3 Å². The van der Waals surface area contributed by atoms with Gasteiger partial charge >= 0.3 is 0 Å². The van der Waals surface area contributed by atoms with Gasteiger partial charge in [0.05, 0.1) is 23.1 Å².